The van der Waals surface area contributed by atoms with Gasteiger partial charge in [0.25, 0.3) is 0 Å². The van der Waals surface area contributed by atoms with E-state index in [0.717, 1.165) is 49.9 Å². The zero-order valence-corrected chi connectivity index (χ0v) is 18.8. The Morgan fingerprint density at radius 2 is 1.84 bits per heavy atom. The summed E-state index contributed by atoms with van der Waals surface area (Å²) in [5.74, 6) is 3.48. The normalized spacial score (nSPS) is 14.8. The summed E-state index contributed by atoms with van der Waals surface area (Å²) in [7, 11) is 0. The molecule has 0 spiro atoms. The highest BCUT2D eigenvalue weighted by Gasteiger charge is 2.20. The van der Waals surface area contributed by atoms with Crippen LogP contribution in [0.3, 0.4) is 0 Å². The quantitative estimate of drug-likeness (QED) is 0.410. The van der Waals surface area contributed by atoms with Gasteiger partial charge in [0.2, 0.25) is 5.91 Å². The average Bonchev–Trinajstić information content (AvgIpc) is 3.08. The van der Waals surface area contributed by atoms with Crippen molar-refractivity contribution in [2.45, 2.75) is 26.5 Å². The fraction of sp³-hybridized carbons (Fsp3) is 0.478. The molecule has 1 aromatic heterocycles. The number of hydrogen-bond donors (Lipinski definition) is 0. The summed E-state index contributed by atoms with van der Waals surface area (Å²) in [6.45, 7) is 6.06. The Morgan fingerprint density at radius 3 is 2.65 bits per heavy atom. The van der Waals surface area contributed by atoms with E-state index in [4.69, 9.17) is 13.9 Å². The van der Waals surface area contributed by atoms with Crippen LogP contribution in [0.2, 0.25) is 0 Å². The zero-order valence-electron chi connectivity index (χ0n) is 18.0. The van der Waals surface area contributed by atoms with Gasteiger partial charge in [0.1, 0.15) is 23.9 Å². The van der Waals surface area contributed by atoms with Gasteiger partial charge in [-0.15, -0.1) is 11.8 Å². The Hall–Kier alpha value is -2.45. The first-order valence-corrected chi connectivity index (χ1v) is 11.7. The van der Waals surface area contributed by atoms with Crippen LogP contribution < -0.4 is 4.74 Å². The van der Waals surface area contributed by atoms with Crippen molar-refractivity contribution in [3.05, 3.63) is 54.0 Å². The van der Waals surface area contributed by atoms with Crippen molar-refractivity contribution in [3.8, 4) is 5.75 Å². The molecule has 1 saturated heterocycles. The number of benzene rings is 1. The van der Waals surface area contributed by atoms with Crippen LogP contribution in [0.1, 0.15) is 24.9 Å². The van der Waals surface area contributed by atoms with Gasteiger partial charge in [-0.1, -0.05) is 18.2 Å². The molecule has 1 aliphatic rings. The van der Waals surface area contributed by atoms with Crippen LogP contribution in [-0.4, -0.2) is 66.0 Å². The molecule has 0 unspecified atom stereocenters. The lowest BCUT2D eigenvalue weighted by atomic mass is 10.3. The molecule has 0 atom stereocenters. The van der Waals surface area contributed by atoms with Gasteiger partial charge < -0.3 is 18.8 Å². The summed E-state index contributed by atoms with van der Waals surface area (Å²) < 4.78 is 16.4. The number of ether oxygens (including phenoxy) is 2. The molecule has 1 aromatic carbocycles. The topological polar surface area (TPSA) is 72.2 Å². The van der Waals surface area contributed by atoms with Gasteiger partial charge in [0.15, 0.2) is 0 Å². The van der Waals surface area contributed by atoms with E-state index in [1.54, 1.807) is 11.8 Å². The Morgan fingerprint density at radius 1 is 1.03 bits per heavy atom. The maximum Gasteiger partial charge on any atom is 0.303 e. The van der Waals surface area contributed by atoms with Crippen molar-refractivity contribution in [3.63, 3.8) is 0 Å². The van der Waals surface area contributed by atoms with Gasteiger partial charge in [0.05, 0.1) is 18.9 Å². The first-order valence-electron chi connectivity index (χ1n) is 10.6. The van der Waals surface area contributed by atoms with Gasteiger partial charge in [-0.05, 0) is 30.7 Å². The number of nitrogens with zero attached hydrogens (tertiary/aromatic N) is 2. The molecule has 0 saturated carbocycles. The fourth-order valence-electron chi connectivity index (χ4n) is 3.34. The predicted molar refractivity (Wildman–Crippen MR) is 120 cm³/mol. The second-order valence-electron chi connectivity index (χ2n) is 7.37. The second kappa shape index (κ2) is 12.4. The van der Waals surface area contributed by atoms with Crippen molar-refractivity contribution < 1.29 is 23.5 Å². The lowest BCUT2D eigenvalue weighted by Gasteiger charge is -2.21. The maximum atomic E-state index is 12.6. The molecule has 0 radical (unpaired) electrons. The van der Waals surface area contributed by atoms with Crippen molar-refractivity contribution in [1.82, 2.24) is 9.80 Å². The number of carbonyl (C=O) groups is 2. The maximum absolute atomic E-state index is 12.6. The average molecular weight is 447 g/mol. The molecule has 1 fully saturated rings. The van der Waals surface area contributed by atoms with E-state index in [-0.39, 0.29) is 18.5 Å². The van der Waals surface area contributed by atoms with Gasteiger partial charge in [-0.3, -0.25) is 14.5 Å². The molecule has 0 aliphatic carbocycles. The molecule has 168 valence electrons. The fourth-order valence-corrected chi connectivity index (χ4v) is 4.05. The molecular weight excluding hydrogens is 416 g/mol. The summed E-state index contributed by atoms with van der Waals surface area (Å²) in [5.41, 5.74) is 0. The smallest absolute Gasteiger partial charge is 0.303 e. The molecule has 3 rings (SSSR count). The van der Waals surface area contributed by atoms with E-state index in [2.05, 4.69) is 4.90 Å². The van der Waals surface area contributed by atoms with Crippen molar-refractivity contribution in [1.29, 1.82) is 0 Å². The first kappa shape index (κ1) is 23.2. The van der Waals surface area contributed by atoms with E-state index >= 15 is 0 Å². The van der Waals surface area contributed by atoms with Gasteiger partial charge in [-0.2, -0.15) is 0 Å². The molecule has 1 amide bonds. The number of amides is 1. The van der Waals surface area contributed by atoms with Crippen LogP contribution in [0.25, 0.3) is 0 Å². The zero-order chi connectivity index (χ0) is 21.9. The van der Waals surface area contributed by atoms with Gasteiger partial charge in [-0.25, -0.2) is 0 Å². The Bertz CT molecular complexity index is 826. The van der Waals surface area contributed by atoms with Gasteiger partial charge in [0, 0.05) is 38.9 Å². The second-order valence-corrected chi connectivity index (χ2v) is 8.48. The minimum Gasteiger partial charge on any atom is -0.493 e. The van der Waals surface area contributed by atoms with E-state index < -0.39 is 0 Å². The number of rotatable bonds is 10. The molecule has 7 nitrogen and oxygen atoms in total. The van der Waals surface area contributed by atoms with E-state index in [9.17, 15) is 9.59 Å². The third-order valence-electron chi connectivity index (χ3n) is 4.92. The Labute approximate surface area is 187 Å². The molecule has 8 heteroatoms. The van der Waals surface area contributed by atoms with Crippen molar-refractivity contribution in [2.24, 2.45) is 0 Å². The predicted octanol–water partition coefficient (Wildman–Crippen LogP) is 3.19. The SMILES string of the molecule is CC(=O)OCc1ccc(CN2CCCN(C(=O)CSCCOc3ccccc3)CC2)o1. The summed E-state index contributed by atoms with van der Waals surface area (Å²) in [6.07, 6.45) is 0.939. The third-order valence-corrected chi connectivity index (χ3v) is 5.83. The van der Waals surface area contributed by atoms with E-state index in [1.165, 1.54) is 6.92 Å². The largest absolute Gasteiger partial charge is 0.493 e. The molecular formula is C23H30N2O5S. The van der Waals surface area contributed by atoms with Crippen molar-refractivity contribution >= 4 is 23.6 Å². The number of carbonyl (C=O) groups excluding carboxylic acids is 2. The van der Waals surface area contributed by atoms with E-state index in [0.29, 0.717) is 24.7 Å². The summed E-state index contributed by atoms with van der Waals surface area (Å²) in [4.78, 5) is 27.7. The molecule has 1 aliphatic heterocycles. The number of hydrogen-bond acceptors (Lipinski definition) is 7. The summed E-state index contributed by atoms with van der Waals surface area (Å²) in [6, 6.07) is 13.5. The van der Waals surface area contributed by atoms with Crippen LogP contribution in [0.4, 0.5) is 0 Å². The van der Waals surface area contributed by atoms with E-state index in [1.807, 2.05) is 47.4 Å². The minimum absolute atomic E-state index is 0.158. The molecule has 2 aromatic rings. The highest BCUT2D eigenvalue weighted by atomic mass is 32.2. The Balaban J connectivity index is 1.33. The number of esters is 1. The summed E-state index contributed by atoms with van der Waals surface area (Å²) >= 11 is 1.61. The first-order chi connectivity index (χ1) is 15.1. The number of para-hydroxylation sites is 1. The minimum atomic E-state index is -0.322. The Kier molecular flexibility index (Phi) is 9.30. The molecule has 31 heavy (non-hydrogen) atoms. The highest BCUT2D eigenvalue weighted by molar-refractivity contribution is 7.99. The molecule has 0 N–H and O–H groups in total. The highest BCUT2D eigenvalue weighted by Crippen LogP contribution is 2.15. The molecule has 2 heterocycles. The monoisotopic (exact) mass is 446 g/mol. The van der Waals surface area contributed by atoms with Crippen LogP contribution in [0.15, 0.2) is 46.9 Å². The van der Waals surface area contributed by atoms with Crippen LogP contribution in [-0.2, 0) is 27.5 Å². The third kappa shape index (κ3) is 8.30. The lowest BCUT2D eigenvalue weighted by molar-refractivity contribution is -0.142. The lowest BCUT2D eigenvalue weighted by Crippen LogP contribution is -2.36. The van der Waals surface area contributed by atoms with Crippen LogP contribution >= 0.6 is 11.8 Å². The van der Waals surface area contributed by atoms with Gasteiger partial charge >= 0.3 is 5.97 Å². The standard InChI is InChI=1S/C23H30N2O5S/c1-19(26)29-17-22-9-8-21(30-22)16-24-10-5-11-25(13-12-24)23(27)18-31-15-14-28-20-6-3-2-4-7-20/h2-4,6-9H,5,10-18H2,1H3. The van der Waals surface area contributed by atoms with Crippen LogP contribution in [0.5, 0.6) is 5.75 Å². The molecule has 0 bridgehead atoms. The number of thioether (sulfide) groups is 1. The number of furan rings is 1. The van der Waals surface area contributed by atoms with Crippen molar-refractivity contribution in [2.75, 3.05) is 44.3 Å². The van der Waals surface area contributed by atoms with Crippen LogP contribution in [0, 0.1) is 0 Å². The summed E-state index contributed by atoms with van der Waals surface area (Å²) in [5, 5.41) is 0.